The molecule has 2 aromatic heterocycles. The Balaban J connectivity index is 1.64. The first-order chi connectivity index (χ1) is 8.90. The third-order valence-electron chi connectivity index (χ3n) is 3.40. The Labute approximate surface area is 109 Å². The molecular formula is C13H14N4S. The van der Waals surface area contributed by atoms with Crippen molar-refractivity contribution in [2.24, 2.45) is 4.99 Å². The molecule has 1 aliphatic heterocycles. The molecule has 3 heterocycles. The van der Waals surface area contributed by atoms with E-state index in [1.54, 1.807) is 0 Å². The van der Waals surface area contributed by atoms with E-state index in [2.05, 4.69) is 21.4 Å². The fourth-order valence-electron chi connectivity index (χ4n) is 2.27. The van der Waals surface area contributed by atoms with E-state index < -0.39 is 0 Å². The lowest BCUT2D eigenvalue weighted by molar-refractivity contribution is 0.837. The second kappa shape index (κ2) is 4.02. The Morgan fingerprint density at radius 2 is 2.33 bits per heavy atom. The number of hydrogen-bond donors (Lipinski definition) is 2. The van der Waals surface area contributed by atoms with Gasteiger partial charge in [-0.1, -0.05) is 11.8 Å². The number of hydrogen-bond acceptors (Lipinski definition) is 4. The van der Waals surface area contributed by atoms with Crippen molar-refractivity contribution >= 4 is 28.0 Å². The summed E-state index contributed by atoms with van der Waals surface area (Å²) in [5.74, 6) is 1.02. The molecule has 1 aliphatic carbocycles. The summed E-state index contributed by atoms with van der Waals surface area (Å²) in [5.41, 5.74) is 2.22. The van der Waals surface area contributed by atoms with Crippen LogP contribution in [0.3, 0.4) is 0 Å². The van der Waals surface area contributed by atoms with Crippen LogP contribution in [0.25, 0.3) is 11.0 Å². The Morgan fingerprint density at radius 3 is 3.22 bits per heavy atom. The number of thioether (sulfide) groups is 1. The lowest BCUT2D eigenvalue weighted by atomic mass is 10.1. The molecule has 0 bridgehead atoms. The monoisotopic (exact) mass is 258 g/mol. The number of amidine groups is 1. The van der Waals surface area contributed by atoms with Crippen LogP contribution in [0, 0.1) is 0 Å². The maximum absolute atomic E-state index is 4.78. The number of aliphatic imine (C=N–C) groups is 1. The van der Waals surface area contributed by atoms with Crippen LogP contribution in [0.2, 0.25) is 0 Å². The average molecular weight is 258 g/mol. The lowest BCUT2D eigenvalue weighted by Crippen LogP contribution is -2.20. The molecular weight excluding hydrogens is 244 g/mol. The van der Waals surface area contributed by atoms with Crippen LogP contribution in [0.5, 0.6) is 0 Å². The van der Waals surface area contributed by atoms with Crippen molar-refractivity contribution in [3.8, 4) is 0 Å². The number of aromatic nitrogens is 2. The first-order valence-electron chi connectivity index (χ1n) is 6.29. The predicted molar refractivity (Wildman–Crippen MR) is 74.9 cm³/mol. The number of nitrogens with one attached hydrogen (secondary N) is 2. The van der Waals surface area contributed by atoms with Gasteiger partial charge in [-0.15, -0.1) is 0 Å². The highest BCUT2D eigenvalue weighted by molar-refractivity contribution is 8.14. The van der Waals surface area contributed by atoms with E-state index in [9.17, 15) is 0 Å². The number of fused-ring (bicyclic) bond motifs is 1. The average Bonchev–Trinajstić information content (AvgIpc) is 2.91. The van der Waals surface area contributed by atoms with Gasteiger partial charge in [-0.2, -0.15) is 0 Å². The first-order valence-corrected chi connectivity index (χ1v) is 7.28. The zero-order valence-corrected chi connectivity index (χ0v) is 10.7. The van der Waals surface area contributed by atoms with Gasteiger partial charge >= 0.3 is 0 Å². The summed E-state index contributed by atoms with van der Waals surface area (Å²) in [5, 5.41) is 5.79. The SMILES string of the molecule is c1cnc2[nH]cc(C3CSC(NC4CC4)=N3)c2c1. The Hall–Kier alpha value is -1.49. The molecule has 2 aromatic rings. The van der Waals surface area contributed by atoms with E-state index in [4.69, 9.17) is 4.99 Å². The fourth-order valence-corrected chi connectivity index (χ4v) is 3.29. The summed E-state index contributed by atoms with van der Waals surface area (Å²) in [7, 11) is 0. The van der Waals surface area contributed by atoms with Gasteiger partial charge in [0, 0.05) is 35.1 Å². The topological polar surface area (TPSA) is 53.1 Å². The summed E-state index contributed by atoms with van der Waals surface area (Å²) in [6.07, 6.45) is 6.45. The maximum atomic E-state index is 4.78. The summed E-state index contributed by atoms with van der Waals surface area (Å²) >= 11 is 1.83. The molecule has 92 valence electrons. The van der Waals surface area contributed by atoms with Crippen LogP contribution in [0.1, 0.15) is 24.4 Å². The van der Waals surface area contributed by atoms with E-state index in [-0.39, 0.29) is 6.04 Å². The molecule has 4 rings (SSSR count). The van der Waals surface area contributed by atoms with Crippen molar-refractivity contribution in [2.45, 2.75) is 24.9 Å². The number of pyridine rings is 1. The van der Waals surface area contributed by atoms with Crippen molar-refractivity contribution in [3.05, 3.63) is 30.1 Å². The molecule has 0 amide bonds. The van der Waals surface area contributed by atoms with Crippen LogP contribution < -0.4 is 5.32 Å². The number of H-pyrrole nitrogens is 1. The number of rotatable bonds is 2. The quantitative estimate of drug-likeness (QED) is 0.870. The molecule has 0 spiro atoms. The Morgan fingerprint density at radius 1 is 1.39 bits per heavy atom. The van der Waals surface area contributed by atoms with Gasteiger partial charge < -0.3 is 10.3 Å². The molecule has 1 saturated carbocycles. The van der Waals surface area contributed by atoms with Gasteiger partial charge in [0.15, 0.2) is 5.17 Å². The molecule has 0 radical (unpaired) electrons. The van der Waals surface area contributed by atoms with Gasteiger partial charge in [-0.05, 0) is 25.0 Å². The van der Waals surface area contributed by atoms with Crippen LogP contribution in [-0.4, -0.2) is 26.9 Å². The van der Waals surface area contributed by atoms with Crippen LogP contribution in [-0.2, 0) is 0 Å². The van der Waals surface area contributed by atoms with Gasteiger partial charge in [0.05, 0.1) is 6.04 Å². The summed E-state index contributed by atoms with van der Waals surface area (Å²) in [4.78, 5) is 12.3. The normalized spacial score (nSPS) is 23.3. The van der Waals surface area contributed by atoms with Gasteiger partial charge in [0.1, 0.15) is 5.65 Å². The first kappa shape index (κ1) is 10.4. The van der Waals surface area contributed by atoms with E-state index >= 15 is 0 Å². The molecule has 18 heavy (non-hydrogen) atoms. The van der Waals surface area contributed by atoms with Crippen LogP contribution in [0.4, 0.5) is 0 Å². The highest BCUT2D eigenvalue weighted by atomic mass is 32.2. The molecule has 1 unspecified atom stereocenters. The Kier molecular flexibility index (Phi) is 2.33. The smallest absolute Gasteiger partial charge is 0.157 e. The van der Waals surface area contributed by atoms with E-state index in [1.807, 2.05) is 30.2 Å². The van der Waals surface area contributed by atoms with Crippen LogP contribution >= 0.6 is 11.8 Å². The minimum Gasteiger partial charge on any atom is -0.362 e. The van der Waals surface area contributed by atoms with Crippen molar-refractivity contribution in [3.63, 3.8) is 0 Å². The van der Waals surface area contributed by atoms with E-state index in [0.717, 1.165) is 16.6 Å². The number of nitrogens with zero attached hydrogens (tertiary/aromatic N) is 2. The van der Waals surface area contributed by atoms with E-state index in [0.29, 0.717) is 6.04 Å². The minimum atomic E-state index is 0.259. The van der Waals surface area contributed by atoms with Gasteiger partial charge in [0.2, 0.25) is 0 Å². The van der Waals surface area contributed by atoms with Gasteiger partial charge in [0.25, 0.3) is 0 Å². The molecule has 1 atom stereocenters. The maximum Gasteiger partial charge on any atom is 0.157 e. The number of aromatic amines is 1. The second-order valence-corrected chi connectivity index (χ2v) is 5.83. The van der Waals surface area contributed by atoms with Crippen molar-refractivity contribution in [1.82, 2.24) is 15.3 Å². The summed E-state index contributed by atoms with van der Waals surface area (Å²) < 4.78 is 0. The summed E-state index contributed by atoms with van der Waals surface area (Å²) in [6.45, 7) is 0. The lowest BCUT2D eigenvalue weighted by Gasteiger charge is -2.03. The van der Waals surface area contributed by atoms with Crippen molar-refractivity contribution in [2.75, 3.05) is 5.75 Å². The third-order valence-corrected chi connectivity index (χ3v) is 4.38. The van der Waals surface area contributed by atoms with Crippen LogP contribution in [0.15, 0.2) is 29.5 Å². The Bertz CT molecular complexity index is 614. The van der Waals surface area contributed by atoms with Gasteiger partial charge in [-0.3, -0.25) is 4.99 Å². The molecule has 2 aliphatic rings. The summed E-state index contributed by atoms with van der Waals surface area (Å²) in [6, 6.07) is 5.03. The molecule has 4 nitrogen and oxygen atoms in total. The van der Waals surface area contributed by atoms with Gasteiger partial charge in [-0.25, -0.2) is 4.98 Å². The van der Waals surface area contributed by atoms with Crippen molar-refractivity contribution < 1.29 is 0 Å². The molecule has 1 fully saturated rings. The molecule has 0 saturated heterocycles. The van der Waals surface area contributed by atoms with Crippen molar-refractivity contribution in [1.29, 1.82) is 0 Å². The predicted octanol–water partition coefficient (Wildman–Crippen LogP) is 2.46. The highest BCUT2D eigenvalue weighted by Gasteiger charge is 2.27. The zero-order valence-electron chi connectivity index (χ0n) is 9.89. The van der Waals surface area contributed by atoms with E-state index in [1.165, 1.54) is 23.8 Å². The molecule has 0 aromatic carbocycles. The third kappa shape index (κ3) is 1.79. The second-order valence-electron chi connectivity index (χ2n) is 4.82. The highest BCUT2D eigenvalue weighted by Crippen LogP contribution is 2.34. The minimum absolute atomic E-state index is 0.259. The zero-order chi connectivity index (χ0) is 11.9. The molecule has 2 N–H and O–H groups in total. The largest absolute Gasteiger partial charge is 0.362 e. The standard InChI is InChI=1S/C13H14N4S/c1-2-9-10(6-15-12(9)14-5-1)11-7-18-13(17-11)16-8-3-4-8/h1-2,5-6,8,11H,3-4,7H2,(H,14,15)(H,16,17). The fraction of sp³-hybridized carbons (Fsp3) is 0.385. The molecule has 5 heteroatoms.